The highest BCUT2D eigenvalue weighted by atomic mass is 19.4. The number of anilines is 1. The molecule has 1 aromatic carbocycles. The third-order valence-electron chi connectivity index (χ3n) is 5.41. The number of hydrogen-bond acceptors (Lipinski definition) is 9. The van der Waals surface area contributed by atoms with Crippen LogP contribution in [0.15, 0.2) is 48.3 Å². The number of ether oxygens (including phenoxy) is 2. The molecule has 2 heterocycles. The monoisotopic (exact) mass is 537 g/mol. The largest absolute Gasteiger partial charge is 0.573 e. The van der Waals surface area contributed by atoms with E-state index in [0.717, 1.165) is 18.6 Å². The summed E-state index contributed by atoms with van der Waals surface area (Å²) in [6.45, 7) is 2.25. The van der Waals surface area contributed by atoms with Crippen molar-refractivity contribution >= 4 is 17.6 Å². The van der Waals surface area contributed by atoms with Crippen molar-refractivity contribution in [2.24, 2.45) is 17.5 Å². The van der Waals surface area contributed by atoms with Gasteiger partial charge in [-0.15, -0.1) is 18.3 Å². The molecule has 11 nitrogen and oxygen atoms in total. The Balaban J connectivity index is 1.35. The number of carbonyl (C=O) groups excluding carboxylic acids is 2. The number of alkyl halides is 3. The average Bonchev–Trinajstić information content (AvgIpc) is 2.80. The minimum absolute atomic E-state index is 0.0265. The highest BCUT2D eigenvalue weighted by Crippen LogP contribution is 2.23. The molecule has 1 aliphatic heterocycles. The zero-order valence-electron chi connectivity index (χ0n) is 20.5. The van der Waals surface area contributed by atoms with Gasteiger partial charge < -0.3 is 30.8 Å². The number of nitrogens with zero attached hydrogens (tertiary/aromatic N) is 3. The molecule has 2 aromatic rings. The van der Waals surface area contributed by atoms with Crippen molar-refractivity contribution in [3.05, 3.63) is 59.6 Å². The van der Waals surface area contributed by atoms with Crippen LogP contribution < -0.4 is 26.9 Å². The first-order valence-corrected chi connectivity index (χ1v) is 11.9. The summed E-state index contributed by atoms with van der Waals surface area (Å²) in [5.74, 6) is 5.20. The summed E-state index contributed by atoms with van der Waals surface area (Å²) in [6, 6.07) is 8.51. The number of unbranched alkanes of at least 4 members (excludes halogenated alkanes) is 1. The Bertz CT molecular complexity index is 1110. The molecule has 206 valence electrons. The van der Waals surface area contributed by atoms with Gasteiger partial charge in [-0.25, -0.2) is 5.84 Å². The van der Waals surface area contributed by atoms with E-state index < -0.39 is 18.0 Å². The lowest BCUT2D eigenvalue weighted by atomic mass is 10.1. The van der Waals surface area contributed by atoms with Crippen LogP contribution in [0.5, 0.6) is 5.75 Å². The molecule has 0 atom stereocenters. The molecule has 1 fully saturated rings. The number of aryl methyl sites for hydroxylation is 1. The van der Waals surface area contributed by atoms with E-state index in [1.165, 1.54) is 23.3 Å². The normalized spacial score (nSPS) is 13.9. The molecule has 0 unspecified atom stereocenters. The van der Waals surface area contributed by atoms with Gasteiger partial charge in [-0.2, -0.15) is 5.10 Å². The highest BCUT2D eigenvalue weighted by Gasteiger charge is 2.31. The quantitative estimate of drug-likeness (QED) is 0.129. The van der Waals surface area contributed by atoms with Gasteiger partial charge in [-0.3, -0.25) is 9.59 Å². The van der Waals surface area contributed by atoms with E-state index >= 15 is 0 Å². The molecule has 0 aliphatic carbocycles. The van der Waals surface area contributed by atoms with Gasteiger partial charge in [-0.05, 0) is 49.1 Å². The minimum Gasteiger partial charge on any atom is -0.406 e. The second-order valence-electron chi connectivity index (χ2n) is 8.72. The number of rotatable bonds is 13. The summed E-state index contributed by atoms with van der Waals surface area (Å²) in [7, 11) is 0. The zero-order chi connectivity index (χ0) is 27.5. The van der Waals surface area contributed by atoms with Gasteiger partial charge >= 0.3 is 6.36 Å². The fourth-order valence-corrected chi connectivity index (χ4v) is 3.43. The van der Waals surface area contributed by atoms with E-state index in [1.807, 2.05) is 0 Å². The van der Waals surface area contributed by atoms with Crippen molar-refractivity contribution in [1.82, 2.24) is 20.5 Å². The van der Waals surface area contributed by atoms with Crippen LogP contribution in [0.3, 0.4) is 0 Å². The number of amides is 2. The Hall–Kier alpha value is -3.91. The van der Waals surface area contributed by atoms with Gasteiger partial charge in [0.1, 0.15) is 11.4 Å². The molecule has 6 N–H and O–H groups in total. The number of carbonyl (C=O) groups is 2. The topological polar surface area (TPSA) is 158 Å². The van der Waals surface area contributed by atoms with Crippen LogP contribution in [0.4, 0.5) is 19.0 Å². The third-order valence-corrected chi connectivity index (χ3v) is 5.41. The predicted molar refractivity (Wildman–Crippen MR) is 131 cm³/mol. The fraction of sp³-hybridized carbons (Fsp3) is 0.417. The molecule has 0 radical (unpaired) electrons. The van der Waals surface area contributed by atoms with Gasteiger partial charge in [0.25, 0.3) is 5.91 Å². The SMILES string of the molecule is N/C(=C\N(N)CCCCc1ccc(NC(=O)Cc2cccc(OC(F)(F)F)c2)nn1)C(=O)NCC1COC1. The smallest absolute Gasteiger partial charge is 0.406 e. The summed E-state index contributed by atoms with van der Waals surface area (Å²) in [5.41, 5.74) is 6.86. The zero-order valence-corrected chi connectivity index (χ0v) is 20.5. The van der Waals surface area contributed by atoms with Gasteiger partial charge in [0.2, 0.25) is 5.91 Å². The number of nitrogens with two attached hydrogens (primary N) is 2. The number of hydrazine groups is 1. The number of benzene rings is 1. The van der Waals surface area contributed by atoms with Crippen molar-refractivity contribution in [3.8, 4) is 5.75 Å². The molecule has 1 aromatic heterocycles. The minimum atomic E-state index is -4.81. The van der Waals surface area contributed by atoms with Crippen LogP contribution in [-0.2, 0) is 27.2 Å². The summed E-state index contributed by atoms with van der Waals surface area (Å²) >= 11 is 0. The third kappa shape index (κ3) is 10.2. The second kappa shape index (κ2) is 13.6. The molecule has 2 amide bonds. The van der Waals surface area contributed by atoms with Crippen LogP contribution in [0.25, 0.3) is 0 Å². The lowest BCUT2D eigenvalue weighted by molar-refractivity contribution is -0.274. The van der Waals surface area contributed by atoms with Crippen LogP contribution in [0.2, 0.25) is 0 Å². The maximum absolute atomic E-state index is 12.4. The van der Waals surface area contributed by atoms with Crippen molar-refractivity contribution < 1.29 is 32.2 Å². The van der Waals surface area contributed by atoms with E-state index in [4.69, 9.17) is 16.3 Å². The van der Waals surface area contributed by atoms with Crippen molar-refractivity contribution in [2.45, 2.75) is 32.0 Å². The second-order valence-corrected chi connectivity index (χ2v) is 8.72. The Morgan fingerprint density at radius 3 is 2.63 bits per heavy atom. The average molecular weight is 538 g/mol. The number of halogens is 3. The maximum atomic E-state index is 12.4. The first-order chi connectivity index (χ1) is 18.1. The first kappa shape index (κ1) is 28.7. The first-order valence-electron chi connectivity index (χ1n) is 11.9. The molecule has 0 bridgehead atoms. The standard InChI is InChI=1S/C24H30F3N7O4/c25-24(26,27)38-19-6-3-4-16(10-19)11-22(35)31-21-8-7-18(32-33-21)5-1-2-9-34(29)13-20(28)23(36)30-12-17-14-37-15-17/h3-4,6-8,10,13,17H,1-2,5,9,11-12,14-15,28-29H2,(H,30,36)(H,31,33,35)/b20-13-. The Morgan fingerprint density at radius 1 is 1.18 bits per heavy atom. The predicted octanol–water partition coefficient (Wildman–Crippen LogP) is 1.62. The van der Waals surface area contributed by atoms with Crippen molar-refractivity contribution in [1.29, 1.82) is 0 Å². The molecule has 1 aliphatic rings. The molecule has 1 saturated heterocycles. The number of nitrogens with one attached hydrogen (secondary N) is 2. The lowest BCUT2D eigenvalue weighted by Crippen LogP contribution is -2.41. The van der Waals surface area contributed by atoms with Crippen molar-refractivity contribution in [2.75, 3.05) is 31.6 Å². The van der Waals surface area contributed by atoms with E-state index in [0.29, 0.717) is 56.3 Å². The summed E-state index contributed by atoms with van der Waals surface area (Å²) in [6.07, 6.45) is -1.52. The molecule has 0 spiro atoms. The maximum Gasteiger partial charge on any atom is 0.573 e. The van der Waals surface area contributed by atoms with Crippen LogP contribution in [-0.4, -0.2) is 59.7 Å². The Morgan fingerprint density at radius 2 is 1.97 bits per heavy atom. The van der Waals surface area contributed by atoms with Gasteiger partial charge in [0.15, 0.2) is 5.82 Å². The van der Waals surface area contributed by atoms with E-state index in [1.54, 1.807) is 12.1 Å². The van der Waals surface area contributed by atoms with Crippen LogP contribution in [0, 0.1) is 5.92 Å². The van der Waals surface area contributed by atoms with Crippen LogP contribution in [0.1, 0.15) is 24.1 Å². The Labute approximate surface area is 217 Å². The van der Waals surface area contributed by atoms with E-state index in [9.17, 15) is 22.8 Å². The molecular weight excluding hydrogens is 507 g/mol. The Kier molecular flexibility index (Phi) is 10.2. The summed E-state index contributed by atoms with van der Waals surface area (Å²) in [4.78, 5) is 24.2. The molecule has 38 heavy (non-hydrogen) atoms. The molecule has 3 rings (SSSR count). The molecule has 14 heteroatoms. The van der Waals surface area contributed by atoms with Gasteiger partial charge in [-0.1, -0.05) is 12.1 Å². The van der Waals surface area contributed by atoms with Crippen molar-refractivity contribution in [3.63, 3.8) is 0 Å². The molecular formula is C24H30F3N7O4. The highest BCUT2D eigenvalue weighted by molar-refractivity contribution is 5.92. The molecule has 0 saturated carbocycles. The lowest BCUT2D eigenvalue weighted by Gasteiger charge is -2.26. The summed E-state index contributed by atoms with van der Waals surface area (Å²) < 4.78 is 46.0. The number of hydrogen-bond donors (Lipinski definition) is 4. The fourth-order valence-electron chi connectivity index (χ4n) is 3.43. The van der Waals surface area contributed by atoms with E-state index in [2.05, 4.69) is 25.6 Å². The van der Waals surface area contributed by atoms with Gasteiger partial charge in [0.05, 0.1) is 25.3 Å². The van der Waals surface area contributed by atoms with Gasteiger partial charge in [0, 0.05) is 25.2 Å². The number of aromatic nitrogens is 2. The van der Waals surface area contributed by atoms with Crippen LogP contribution >= 0.6 is 0 Å². The van der Waals surface area contributed by atoms with E-state index in [-0.39, 0.29) is 23.8 Å². The summed E-state index contributed by atoms with van der Waals surface area (Å²) in [5, 5.41) is 14.7.